The van der Waals surface area contributed by atoms with Gasteiger partial charge in [-0.1, -0.05) is 6.07 Å². The van der Waals surface area contributed by atoms with Gasteiger partial charge >= 0.3 is 0 Å². The highest BCUT2D eigenvalue weighted by molar-refractivity contribution is 5.94. The number of hydrogen-bond acceptors (Lipinski definition) is 6. The highest BCUT2D eigenvalue weighted by Gasteiger charge is 2.25. The molecule has 5 rings (SSSR count). The fourth-order valence-electron chi connectivity index (χ4n) is 4.74. The van der Waals surface area contributed by atoms with Gasteiger partial charge in [0.2, 0.25) is 5.95 Å². The zero-order valence-corrected chi connectivity index (χ0v) is 18.0. The van der Waals surface area contributed by atoms with Crippen LogP contribution in [-0.4, -0.2) is 54.9 Å². The maximum Gasteiger partial charge on any atom is 0.229 e. The average Bonchev–Trinajstić information content (AvgIpc) is 3.54. The predicted octanol–water partition coefficient (Wildman–Crippen LogP) is 3.85. The monoisotopic (exact) mass is 407 g/mol. The van der Waals surface area contributed by atoms with Crippen LogP contribution in [0.1, 0.15) is 25.7 Å². The highest BCUT2D eigenvalue weighted by Crippen LogP contribution is 2.41. The number of anilines is 2. The molecule has 0 N–H and O–H groups in total. The summed E-state index contributed by atoms with van der Waals surface area (Å²) in [5.74, 6) is 3.38. The van der Waals surface area contributed by atoms with Crippen LogP contribution in [0.2, 0.25) is 0 Å². The number of methoxy groups -OCH3 is 2. The quantitative estimate of drug-likeness (QED) is 0.640. The van der Waals surface area contributed by atoms with E-state index in [9.17, 15) is 0 Å². The predicted molar refractivity (Wildman–Crippen MR) is 120 cm³/mol. The molecule has 0 spiro atoms. The molecule has 2 aliphatic rings. The lowest BCUT2D eigenvalue weighted by Crippen LogP contribution is -2.24. The third-order valence-electron chi connectivity index (χ3n) is 6.33. The maximum absolute atomic E-state index is 5.71. The second kappa shape index (κ2) is 7.70. The van der Waals surface area contributed by atoms with Gasteiger partial charge in [0, 0.05) is 38.8 Å². The molecule has 0 amide bonds. The fraction of sp³-hybridized carbons (Fsp3) is 0.478. The van der Waals surface area contributed by atoms with Gasteiger partial charge in [-0.05, 0) is 43.9 Å². The van der Waals surface area contributed by atoms with Gasteiger partial charge in [-0.3, -0.25) is 0 Å². The minimum absolute atomic E-state index is 0.726. The van der Waals surface area contributed by atoms with Gasteiger partial charge in [0.15, 0.2) is 11.5 Å². The summed E-state index contributed by atoms with van der Waals surface area (Å²) in [6.45, 7) is 4.17. The van der Waals surface area contributed by atoms with E-state index in [1.807, 2.05) is 12.1 Å². The van der Waals surface area contributed by atoms with Crippen molar-refractivity contribution in [3.8, 4) is 22.8 Å². The van der Waals surface area contributed by atoms with Gasteiger partial charge in [-0.15, -0.1) is 0 Å². The molecule has 0 radical (unpaired) electrons. The van der Waals surface area contributed by atoms with E-state index in [-0.39, 0.29) is 0 Å². The number of aryl methyl sites for hydroxylation is 1. The lowest BCUT2D eigenvalue weighted by atomic mass is 10.1. The Labute approximate surface area is 177 Å². The Morgan fingerprint density at radius 1 is 0.867 bits per heavy atom. The van der Waals surface area contributed by atoms with Crippen molar-refractivity contribution < 1.29 is 9.47 Å². The second-order valence-electron chi connectivity index (χ2n) is 8.10. The molecule has 7 heteroatoms. The largest absolute Gasteiger partial charge is 0.493 e. The molecule has 1 aromatic carbocycles. The van der Waals surface area contributed by atoms with Crippen LogP contribution in [0, 0.1) is 0 Å². The van der Waals surface area contributed by atoms with Gasteiger partial charge in [-0.25, -0.2) is 0 Å². The van der Waals surface area contributed by atoms with Crippen LogP contribution in [0.5, 0.6) is 11.5 Å². The summed E-state index contributed by atoms with van der Waals surface area (Å²) < 4.78 is 13.4. The van der Waals surface area contributed by atoms with E-state index in [1.54, 1.807) is 14.2 Å². The van der Waals surface area contributed by atoms with Gasteiger partial charge in [0.05, 0.1) is 25.3 Å². The molecule has 2 aromatic heterocycles. The minimum Gasteiger partial charge on any atom is -0.493 e. The van der Waals surface area contributed by atoms with Crippen molar-refractivity contribution in [3.63, 3.8) is 0 Å². The van der Waals surface area contributed by atoms with E-state index in [2.05, 4.69) is 33.5 Å². The van der Waals surface area contributed by atoms with E-state index in [0.29, 0.717) is 0 Å². The van der Waals surface area contributed by atoms with E-state index >= 15 is 0 Å². The van der Waals surface area contributed by atoms with E-state index in [1.165, 1.54) is 25.7 Å². The molecule has 0 unspecified atom stereocenters. The Morgan fingerprint density at radius 3 is 2.23 bits per heavy atom. The lowest BCUT2D eigenvalue weighted by molar-refractivity contribution is 0.356. The molecular formula is C23H29N5O2. The Kier molecular flexibility index (Phi) is 4.89. The zero-order valence-electron chi connectivity index (χ0n) is 18.0. The second-order valence-corrected chi connectivity index (χ2v) is 8.10. The third kappa shape index (κ3) is 3.04. The van der Waals surface area contributed by atoms with E-state index in [4.69, 9.17) is 19.4 Å². The summed E-state index contributed by atoms with van der Waals surface area (Å²) in [5.41, 5.74) is 3.01. The standard InChI is InChI=1S/C23H29N5O2/c1-26-18(16-9-8-10-19(29-2)20(16)30-3)15-17-21(26)24-23(28-13-6-7-14-28)25-22(17)27-11-4-5-12-27/h8-10,15H,4-7,11-14H2,1-3H3. The Balaban J connectivity index is 1.72. The topological polar surface area (TPSA) is 55.7 Å². The smallest absolute Gasteiger partial charge is 0.229 e. The number of nitrogens with zero attached hydrogens (tertiary/aromatic N) is 5. The highest BCUT2D eigenvalue weighted by atomic mass is 16.5. The first-order valence-electron chi connectivity index (χ1n) is 10.8. The van der Waals surface area contributed by atoms with Crippen LogP contribution in [0.25, 0.3) is 22.3 Å². The number of benzene rings is 1. The van der Waals surface area contributed by atoms with Crippen molar-refractivity contribution in [2.45, 2.75) is 25.7 Å². The van der Waals surface area contributed by atoms with Crippen molar-refractivity contribution in [1.29, 1.82) is 0 Å². The van der Waals surface area contributed by atoms with Gasteiger partial charge < -0.3 is 23.8 Å². The summed E-state index contributed by atoms with van der Waals surface area (Å²) in [6.07, 6.45) is 4.85. The van der Waals surface area contributed by atoms with Crippen LogP contribution in [-0.2, 0) is 7.05 Å². The molecule has 0 atom stereocenters. The first kappa shape index (κ1) is 19.0. The number of para-hydroxylation sites is 1. The number of rotatable bonds is 5. The molecule has 0 bridgehead atoms. The minimum atomic E-state index is 0.726. The molecule has 4 heterocycles. The van der Waals surface area contributed by atoms with Crippen molar-refractivity contribution >= 4 is 22.8 Å². The summed E-state index contributed by atoms with van der Waals surface area (Å²) in [4.78, 5) is 14.8. The Hall–Kier alpha value is -2.96. The normalized spacial score (nSPS) is 16.6. The molecule has 2 aliphatic heterocycles. The Morgan fingerprint density at radius 2 is 1.57 bits per heavy atom. The van der Waals surface area contributed by atoms with Crippen LogP contribution >= 0.6 is 0 Å². The maximum atomic E-state index is 5.71. The molecule has 2 fully saturated rings. The molecule has 3 aromatic rings. The van der Waals surface area contributed by atoms with Crippen LogP contribution in [0.3, 0.4) is 0 Å². The Bertz CT molecular complexity index is 1070. The molecule has 2 saturated heterocycles. The molecule has 0 aliphatic carbocycles. The van der Waals surface area contributed by atoms with Crippen LogP contribution in [0.15, 0.2) is 24.3 Å². The van der Waals surface area contributed by atoms with Gasteiger partial charge in [-0.2, -0.15) is 9.97 Å². The van der Waals surface area contributed by atoms with Crippen molar-refractivity contribution in [2.75, 3.05) is 50.2 Å². The molecule has 158 valence electrons. The van der Waals surface area contributed by atoms with Crippen LogP contribution < -0.4 is 19.3 Å². The van der Waals surface area contributed by atoms with Crippen LogP contribution in [0.4, 0.5) is 11.8 Å². The van der Waals surface area contributed by atoms with Crippen molar-refractivity contribution in [3.05, 3.63) is 24.3 Å². The summed E-state index contributed by atoms with van der Waals surface area (Å²) in [5, 5.41) is 1.10. The molecule has 7 nitrogen and oxygen atoms in total. The molecular weight excluding hydrogens is 378 g/mol. The van der Waals surface area contributed by atoms with E-state index in [0.717, 1.165) is 71.7 Å². The third-order valence-corrected chi connectivity index (χ3v) is 6.33. The number of hydrogen-bond donors (Lipinski definition) is 0. The van der Waals surface area contributed by atoms with Gasteiger partial charge in [0.25, 0.3) is 0 Å². The summed E-state index contributed by atoms with van der Waals surface area (Å²) in [6, 6.07) is 8.19. The van der Waals surface area contributed by atoms with Crippen molar-refractivity contribution in [1.82, 2.24) is 14.5 Å². The van der Waals surface area contributed by atoms with Crippen molar-refractivity contribution in [2.24, 2.45) is 7.05 Å². The SMILES string of the molecule is COc1cccc(-c2cc3c(N4CCCC4)nc(N4CCCC4)nc3n2C)c1OC. The average molecular weight is 408 g/mol. The number of fused-ring (bicyclic) bond motifs is 1. The lowest BCUT2D eigenvalue weighted by Gasteiger charge is -2.21. The molecule has 0 saturated carbocycles. The summed E-state index contributed by atoms with van der Waals surface area (Å²) >= 11 is 0. The number of ether oxygens (including phenoxy) is 2. The van der Waals surface area contributed by atoms with E-state index < -0.39 is 0 Å². The number of aromatic nitrogens is 3. The first-order valence-corrected chi connectivity index (χ1v) is 10.8. The van der Waals surface area contributed by atoms with Gasteiger partial charge in [0.1, 0.15) is 11.5 Å². The summed E-state index contributed by atoms with van der Waals surface area (Å²) in [7, 11) is 5.43. The fourth-order valence-corrected chi connectivity index (χ4v) is 4.74. The zero-order chi connectivity index (χ0) is 20.7. The molecule has 30 heavy (non-hydrogen) atoms. The first-order chi connectivity index (χ1) is 14.7.